The van der Waals surface area contributed by atoms with Gasteiger partial charge in [0.2, 0.25) is 0 Å². The maximum absolute atomic E-state index is 11.5. The van der Waals surface area contributed by atoms with E-state index in [0.29, 0.717) is 0 Å². The van der Waals surface area contributed by atoms with Crippen LogP contribution in [-0.2, 0) is 4.84 Å². The van der Waals surface area contributed by atoms with E-state index >= 15 is 0 Å². The Labute approximate surface area is 96.3 Å². The SMILES string of the molecule is CCONC(=O)c1cc(Cl)ccc1[N+](=O)[O-]. The first kappa shape index (κ1) is 12.4. The number of hydrogen-bond acceptors (Lipinski definition) is 4. The summed E-state index contributed by atoms with van der Waals surface area (Å²) in [6, 6.07) is 3.73. The third-order valence-corrected chi connectivity index (χ3v) is 1.94. The van der Waals surface area contributed by atoms with E-state index < -0.39 is 10.8 Å². The van der Waals surface area contributed by atoms with Crippen molar-refractivity contribution in [1.29, 1.82) is 0 Å². The molecule has 6 nitrogen and oxygen atoms in total. The van der Waals surface area contributed by atoms with Gasteiger partial charge in [-0.2, -0.15) is 0 Å². The van der Waals surface area contributed by atoms with E-state index in [1.165, 1.54) is 18.2 Å². The molecule has 86 valence electrons. The second-order valence-electron chi connectivity index (χ2n) is 2.78. The Balaban J connectivity index is 3.04. The predicted molar refractivity (Wildman–Crippen MR) is 57.2 cm³/mol. The molecule has 0 saturated carbocycles. The fraction of sp³-hybridized carbons (Fsp3) is 0.222. The lowest BCUT2D eigenvalue weighted by Gasteiger charge is -2.04. The van der Waals surface area contributed by atoms with E-state index in [2.05, 4.69) is 10.3 Å². The van der Waals surface area contributed by atoms with Gasteiger partial charge in [-0.3, -0.25) is 19.7 Å². The molecule has 1 amide bonds. The molecule has 1 N–H and O–H groups in total. The monoisotopic (exact) mass is 244 g/mol. The average molecular weight is 245 g/mol. The highest BCUT2D eigenvalue weighted by molar-refractivity contribution is 6.31. The van der Waals surface area contributed by atoms with Crippen molar-refractivity contribution in [2.75, 3.05) is 6.61 Å². The third-order valence-electron chi connectivity index (χ3n) is 1.71. The number of amides is 1. The van der Waals surface area contributed by atoms with Crippen molar-refractivity contribution in [3.8, 4) is 0 Å². The highest BCUT2D eigenvalue weighted by Crippen LogP contribution is 2.22. The maximum atomic E-state index is 11.5. The van der Waals surface area contributed by atoms with Gasteiger partial charge in [0.1, 0.15) is 5.56 Å². The van der Waals surface area contributed by atoms with Crippen LogP contribution in [0.15, 0.2) is 18.2 Å². The summed E-state index contributed by atoms with van der Waals surface area (Å²) in [6.45, 7) is 1.94. The van der Waals surface area contributed by atoms with Crippen molar-refractivity contribution in [2.45, 2.75) is 6.92 Å². The van der Waals surface area contributed by atoms with E-state index in [0.717, 1.165) is 0 Å². The molecule has 0 spiro atoms. The van der Waals surface area contributed by atoms with Crippen LogP contribution in [0.3, 0.4) is 0 Å². The van der Waals surface area contributed by atoms with Crippen LogP contribution < -0.4 is 5.48 Å². The number of carbonyl (C=O) groups is 1. The number of rotatable bonds is 4. The lowest BCUT2D eigenvalue weighted by Crippen LogP contribution is -2.24. The molecule has 0 bridgehead atoms. The van der Waals surface area contributed by atoms with Crippen molar-refractivity contribution >= 4 is 23.2 Å². The molecule has 0 heterocycles. The lowest BCUT2D eigenvalue weighted by atomic mass is 10.2. The van der Waals surface area contributed by atoms with Crippen LogP contribution >= 0.6 is 11.6 Å². The minimum absolute atomic E-state index is 0.133. The van der Waals surface area contributed by atoms with Gasteiger partial charge in [0, 0.05) is 11.1 Å². The summed E-state index contributed by atoms with van der Waals surface area (Å²) >= 11 is 5.66. The number of carbonyl (C=O) groups excluding carboxylic acids is 1. The van der Waals surface area contributed by atoms with Crippen LogP contribution in [0.25, 0.3) is 0 Å². The van der Waals surface area contributed by atoms with Gasteiger partial charge in [0.15, 0.2) is 0 Å². The number of nitrogens with zero attached hydrogens (tertiary/aromatic N) is 1. The molecular formula is C9H9ClN2O4. The second-order valence-corrected chi connectivity index (χ2v) is 3.22. The molecule has 0 fully saturated rings. The summed E-state index contributed by atoms with van der Waals surface area (Å²) < 4.78 is 0. The van der Waals surface area contributed by atoms with Crippen molar-refractivity contribution < 1.29 is 14.6 Å². The van der Waals surface area contributed by atoms with Crippen molar-refractivity contribution in [2.24, 2.45) is 0 Å². The van der Waals surface area contributed by atoms with Crippen molar-refractivity contribution in [3.63, 3.8) is 0 Å². The Hall–Kier alpha value is -1.66. The Bertz CT molecular complexity index is 422. The second kappa shape index (κ2) is 5.43. The molecule has 0 aromatic heterocycles. The Morgan fingerprint density at radius 1 is 1.62 bits per heavy atom. The summed E-state index contributed by atoms with van der Waals surface area (Å²) in [4.78, 5) is 26.1. The number of halogens is 1. The minimum Gasteiger partial charge on any atom is -0.274 e. The Morgan fingerprint density at radius 3 is 2.88 bits per heavy atom. The molecule has 0 atom stereocenters. The highest BCUT2D eigenvalue weighted by atomic mass is 35.5. The van der Waals surface area contributed by atoms with Crippen molar-refractivity contribution in [1.82, 2.24) is 5.48 Å². The summed E-state index contributed by atoms with van der Waals surface area (Å²) in [6.07, 6.45) is 0. The van der Waals surface area contributed by atoms with E-state index in [9.17, 15) is 14.9 Å². The standard InChI is InChI=1S/C9H9ClN2O4/c1-2-16-11-9(13)7-5-6(10)3-4-8(7)12(14)15/h3-5H,2H2,1H3,(H,11,13). The largest absolute Gasteiger partial charge is 0.282 e. The molecule has 1 aromatic carbocycles. The molecule has 0 aliphatic carbocycles. The van der Waals surface area contributed by atoms with Crippen molar-refractivity contribution in [3.05, 3.63) is 38.9 Å². The molecule has 7 heteroatoms. The average Bonchev–Trinajstić information content (AvgIpc) is 2.25. The number of hydrogen-bond donors (Lipinski definition) is 1. The number of nitrogens with one attached hydrogen (secondary N) is 1. The maximum Gasteiger partial charge on any atom is 0.282 e. The summed E-state index contributed by atoms with van der Waals surface area (Å²) in [5.41, 5.74) is 1.62. The van der Waals surface area contributed by atoms with E-state index in [4.69, 9.17) is 11.6 Å². The van der Waals surface area contributed by atoms with Gasteiger partial charge < -0.3 is 0 Å². The Kier molecular flexibility index (Phi) is 4.21. The van der Waals surface area contributed by atoms with E-state index in [1.807, 2.05) is 0 Å². The van der Waals surface area contributed by atoms with Gasteiger partial charge in [-0.05, 0) is 19.1 Å². The fourth-order valence-electron chi connectivity index (χ4n) is 1.04. The first-order chi connectivity index (χ1) is 7.56. The van der Waals surface area contributed by atoms with Gasteiger partial charge in [-0.1, -0.05) is 11.6 Å². The smallest absolute Gasteiger partial charge is 0.274 e. The van der Waals surface area contributed by atoms with Gasteiger partial charge in [-0.15, -0.1) is 0 Å². The van der Waals surface area contributed by atoms with Crippen LogP contribution in [0.2, 0.25) is 5.02 Å². The zero-order valence-corrected chi connectivity index (χ0v) is 9.15. The summed E-state index contributed by atoms with van der Waals surface area (Å²) in [5, 5.41) is 10.9. The van der Waals surface area contributed by atoms with Gasteiger partial charge >= 0.3 is 0 Å². The molecule has 0 aliphatic rings. The molecular weight excluding hydrogens is 236 g/mol. The van der Waals surface area contributed by atoms with Crippen LogP contribution in [0.4, 0.5) is 5.69 Å². The molecule has 1 rings (SSSR count). The predicted octanol–water partition coefficient (Wildman–Crippen LogP) is 1.93. The normalized spacial score (nSPS) is 9.88. The van der Waals surface area contributed by atoms with Gasteiger partial charge in [0.05, 0.1) is 11.5 Å². The number of hydroxylamine groups is 1. The van der Waals surface area contributed by atoms with Crippen LogP contribution in [0, 0.1) is 10.1 Å². The molecule has 0 aliphatic heterocycles. The minimum atomic E-state index is -0.698. The third kappa shape index (κ3) is 2.91. The Morgan fingerprint density at radius 2 is 2.31 bits per heavy atom. The first-order valence-electron chi connectivity index (χ1n) is 4.42. The molecule has 0 unspecified atom stereocenters. The van der Waals surface area contributed by atoms with Crippen LogP contribution in [-0.4, -0.2) is 17.4 Å². The quantitative estimate of drug-likeness (QED) is 0.648. The number of nitro groups is 1. The number of benzene rings is 1. The number of nitro benzene ring substituents is 1. The molecule has 1 aromatic rings. The van der Waals surface area contributed by atoms with Crippen LogP contribution in [0.1, 0.15) is 17.3 Å². The zero-order valence-electron chi connectivity index (χ0n) is 8.40. The molecule has 0 radical (unpaired) electrons. The highest BCUT2D eigenvalue weighted by Gasteiger charge is 2.20. The molecule has 0 saturated heterocycles. The molecule has 16 heavy (non-hydrogen) atoms. The lowest BCUT2D eigenvalue weighted by molar-refractivity contribution is -0.385. The zero-order chi connectivity index (χ0) is 12.1. The summed E-state index contributed by atoms with van der Waals surface area (Å²) in [7, 11) is 0. The summed E-state index contributed by atoms with van der Waals surface area (Å²) in [5.74, 6) is -0.698. The fourth-order valence-corrected chi connectivity index (χ4v) is 1.21. The van der Waals surface area contributed by atoms with E-state index in [1.54, 1.807) is 6.92 Å². The first-order valence-corrected chi connectivity index (χ1v) is 4.80. The van der Waals surface area contributed by atoms with E-state index in [-0.39, 0.29) is 22.9 Å². The van der Waals surface area contributed by atoms with Crippen LogP contribution in [0.5, 0.6) is 0 Å². The van der Waals surface area contributed by atoms with Gasteiger partial charge in [0.25, 0.3) is 11.6 Å². The topological polar surface area (TPSA) is 81.5 Å². The van der Waals surface area contributed by atoms with Gasteiger partial charge in [-0.25, -0.2) is 5.48 Å².